The van der Waals surface area contributed by atoms with Crippen LogP contribution in [0.5, 0.6) is 0 Å². The fraction of sp³-hybridized carbons (Fsp3) is 0.667. The van der Waals surface area contributed by atoms with Crippen LogP contribution >= 0.6 is 0 Å². The maximum Gasteiger partial charge on any atom is 0.242 e. The second kappa shape index (κ2) is 6.02. The van der Waals surface area contributed by atoms with Gasteiger partial charge in [0.05, 0.1) is 6.61 Å². The first kappa shape index (κ1) is 16.4. The first-order valence-electron chi connectivity index (χ1n) is 7.37. The molecule has 1 atom stereocenters. The van der Waals surface area contributed by atoms with Crippen molar-refractivity contribution < 1.29 is 13.5 Å². The minimum Gasteiger partial charge on any atom is -0.396 e. The minimum absolute atomic E-state index is 0.0184. The van der Waals surface area contributed by atoms with Crippen molar-refractivity contribution in [2.45, 2.75) is 51.0 Å². The van der Waals surface area contributed by atoms with E-state index in [1.54, 1.807) is 12.1 Å². The van der Waals surface area contributed by atoms with Gasteiger partial charge in [0.15, 0.2) is 0 Å². The van der Waals surface area contributed by atoms with Gasteiger partial charge < -0.3 is 5.11 Å². The molecule has 1 saturated carbocycles. The van der Waals surface area contributed by atoms with Gasteiger partial charge in [0.1, 0.15) is 4.90 Å². The molecule has 0 radical (unpaired) electrons. The highest BCUT2D eigenvalue weighted by molar-refractivity contribution is 7.89. The van der Waals surface area contributed by atoms with Crippen molar-refractivity contribution in [2.75, 3.05) is 6.61 Å². The highest BCUT2D eigenvalue weighted by atomic mass is 32.2. The molecule has 1 heterocycles. The summed E-state index contributed by atoms with van der Waals surface area (Å²) >= 11 is 0. The van der Waals surface area contributed by atoms with Crippen molar-refractivity contribution in [1.29, 1.82) is 0 Å². The zero-order chi connectivity index (χ0) is 15.7. The number of sulfonamides is 1. The lowest BCUT2D eigenvalue weighted by Crippen LogP contribution is -2.55. The van der Waals surface area contributed by atoms with E-state index in [9.17, 15) is 13.5 Å². The molecule has 2 N–H and O–H groups in total. The molecule has 1 aromatic heterocycles. The SMILES string of the molecule is Cc1ccc(S(=O)(=O)NC(C(C)C)C2(CO)CCC2)cn1. The number of aryl methyl sites for hydroxylation is 1. The molecule has 1 aliphatic rings. The van der Waals surface area contributed by atoms with Gasteiger partial charge in [-0.05, 0) is 37.8 Å². The Balaban J connectivity index is 2.26. The van der Waals surface area contributed by atoms with Gasteiger partial charge in [0.25, 0.3) is 0 Å². The van der Waals surface area contributed by atoms with E-state index in [1.165, 1.54) is 6.20 Å². The van der Waals surface area contributed by atoms with Crippen LogP contribution in [0.4, 0.5) is 0 Å². The van der Waals surface area contributed by atoms with Crippen LogP contribution in [0.2, 0.25) is 0 Å². The van der Waals surface area contributed by atoms with Crippen molar-refractivity contribution in [2.24, 2.45) is 11.3 Å². The summed E-state index contributed by atoms with van der Waals surface area (Å²) in [6.45, 7) is 5.80. The number of rotatable bonds is 6. The quantitative estimate of drug-likeness (QED) is 0.840. The van der Waals surface area contributed by atoms with Crippen LogP contribution in [0.15, 0.2) is 23.2 Å². The lowest BCUT2D eigenvalue weighted by Gasteiger charge is -2.48. The Hall–Kier alpha value is -0.980. The molecule has 1 fully saturated rings. The summed E-state index contributed by atoms with van der Waals surface area (Å²) in [6.07, 6.45) is 4.14. The van der Waals surface area contributed by atoms with Crippen LogP contribution in [-0.4, -0.2) is 31.2 Å². The van der Waals surface area contributed by atoms with Gasteiger partial charge in [-0.3, -0.25) is 4.98 Å². The Morgan fingerprint density at radius 2 is 2.05 bits per heavy atom. The zero-order valence-corrected chi connectivity index (χ0v) is 13.7. The summed E-state index contributed by atoms with van der Waals surface area (Å²) in [6, 6.07) is 2.99. The summed E-state index contributed by atoms with van der Waals surface area (Å²) in [7, 11) is -3.61. The van der Waals surface area contributed by atoms with E-state index in [0.29, 0.717) is 0 Å². The van der Waals surface area contributed by atoms with Crippen LogP contribution in [0.25, 0.3) is 0 Å². The molecular weight excluding hydrogens is 288 g/mol. The molecule has 0 amide bonds. The Morgan fingerprint density at radius 1 is 1.38 bits per heavy atom. The highest BCUT2D eigenvalue weighted by Crippen LogP contribution is 2.46. The van der Waals surface area contributed by atoms with E-state index in [1.807, 2.05) is 20.8 Å². The van der Waals surface area contributed by atoms with Crippen LogP contribution in [0, 0.1) is 18.3 Å². The third kappa shape index (κ3) is 3.27. The standard InChI is InChI=1S/C15H24N2O3S/c1-11(2)14(15(10-18)7-4-8-15)17-21(19,20)13-6-5-12(3)16-9-13/h5-6,9,11,14,17-18H,4,7-8,10H2,1-3H3. The van der Waals surface area contributed by atoms with E-state index in [0.717, 1.165) is 25.0 Å². The van der Waals surface area contributed by atoms with Gasteiger partial charge >= 0.3 is 0 Å². The van der Waals surface area contributed by atoms with Gasteiger partial charge in [-0.25, -0.2) is 13.1 Å². The van der Waals surface area contributed by atoms with Crippen LogP contribution < -0.4 is 4.72 Å². The maximum absolute atomic E-state index is 12.5. The molecule has 1 aliphatic carbocycles. The summed E-state index contributed by atoms with van der Waals surface area (Å²) in [5.41, 5.74) is 0.458. The van der Waals surface area contributed by atoms with Crippen molar-refractivity contribution in [3.05, 3.63) is 24.0 Å². The van der Waals surface area contributed by atoms with Gasteiger partial charge in [-0.2, -0.15) is 0 Å². The van der Waals surface area contributed by atoms with Crippen LogP contribution in [0.3, 0.4) is 0 Å². The maximum atomic E-state index is 12.5. The fourth-order valence-corrected chi connectivity index (χ4v) is 4.45. The monoisotopic (exact) mass is 312 g/mol. The second-order valence-electron chi connectivity index (χ2n) is 6.35. The van der Waals surface area contributed by atoms with E-state index in [4.69, 9.17) is 0 Å². The molecule has 0 aromatic carbocycles. The Labute approximate surface area is 126 Å². The lowest BCUT2D eigenvalue weighted by molar-refractivity contribution is -0.00111. The molecule has 1 aromatic rings. The van der Waals surface area contributed by atoms with Gasteiger partial charge in [-0.1, -0.05) is 20.3 Å². The van der Waals surface area contributed by atoms with Crippen molar-refractivity contribution >= 4 is 10.0 Å². The third-order valence-electron chi connectivity index (χ3n) is 4.47. The van der Waals surface area contributed by atoms with Crippen LogP contribution in [0.1, 0.15) is 38.8 Å². The first-order chi connectivity index (χ1) is 9.81. The number of hydrogen-bond acceptors (Lipinski definition) is 4. The topological polar surface area (TPSA) is 79.3 Å². The zero-order valence-electron chi connectivity index (χ0n) is 12.8. The van der Waals surface area contributed by atoms with Gasteiger partial charge in [-0.15, -0.1) is 0 Å². The van der Waals surface area contributed by atoms with E-state index in [2.05, 4.69) is 9.71 Å². The number of aromatic nitrogens is 1. The number of nitrogens with zero attached hydrogens (tertiary/aromatic N) is 1. The number of pyridine rings is 1. The summed E-state index contributed by atoms with van der Waals surface area (Å²) in [4.78, 5) is 4.22. The van der Waals surface area contributed by atoms with Crippen molar-refractivity contribution in [1.82, 2.24) is 9.71 Å². The molecular formula is C15H24N2O3S. The van der Waals surface area contributed by atoms with E-state index < -0.39 is 10.0 Å². The fourth-order valence-electron chi connectivity index (χ4n) is 3.01. The first-order valence-corrected chi connectivity index (χ1v) is 8.85. The normalized spacial score (nSPS) is 19.3. The Kier molecular flexibility index (Phi) is 4.70. The lowest BCUT2D eigenvalue weighted by atomic mass is 9.62. The molecule has 2 rings (SSSR count). The Bertz CT molecular complexity index is 572. The number of hydrogen-bond donors (Lipinski definition) is 2. The van der Waals surface area contributed by atoms with Gasteiger partial charge in [0.2, 0.25) is 10.0 Å². The largest absolute Gasteiger partial charge is 0.396 e. The molecule has 118 valence electrons. The average molecular weight is 312 g/mol. The Morgan fingerprint density at radius 3 is 2.43 bits per heavy atom. The predicted octanol–water partition coefficient (Wildman–Crippen LogP) is 1.86. The molecule has 0 bridgehead atoms. The number of nitrogens with one attached hydrogen (secondary N) is 1. The molecule has 1 unspecified atom stereocenters. The molecule has 0 aliphatic heterocycles. The number of aliphatic hydroxyl groups excluding tert-OH is 1. The third-order valence-corrected chi connectivity index (χ3v) is 5.89. The predicted molar refractivity (Wildman–Crippen MR) is 81.3 cm³/mol. The van der Waals surface area contributed by atoms with E-state index >= 15 is 0 Å². The van der Waals surface area contributed by atoms with Crippen molar-refractivity contribution in [3.63, 3.8) is 0 Å². The average Bonchev–Trinajstić information content (AvgIpc) is 2.37. The summed E-state index contributed by atoms with van der Waals surface area (Å²) in [5.74, 6) is 0.116. The smallest absolute Gasteiger partial charge is 0.242 e. The second-order valence-corrected chi connectivity index (χ2v) is 8.07. The molecule has 5 nitrogen and oxygen atoms in total. The van der Waals surface area contributed by atoms with Crippen LogP contribution in [-0.2, 0) is 10.0 Å². The summed E-state index contributed by atoms with van der Waals surface area (Å²) in [5, 5.41) is 9.71. The van der Waals surface area contributed by atoms with Gasteiger partial charge in [0, 0.05) is 23.3 Å². The van der Waals surface area contributed by atoms with E-state index in [-0.39, 0.29) is 28.9 Å². The molecule has 21 heavy (non-hydrogen) atoms. The summed E-state index contributed by atoms with van der Waals surface area (Å²) < 4.78 is 27.9. The highest BCUT2D eigenvalue weighted by Gasteiger charge is 2.46. The molecule has 0 spiro atoms. The molecule has 0 saturated heterocycles. The van der Waals surface area contributed by atoms with Crippen molar-refractivity contribution in [3.8, 4) is 0 Å². The minimum atomic E-state index is -3.61. The number of aliphatic hydroxyl groups is 1. The molecule has 6 heteroatoms.